The first-order valence-electron chi connectivity index (χ1n) is 14.1. The number of nitrogens with one attached hydrogen (secondary N) is 1. The highest BCUT2D eigenvalue weighted by atomic mass is 35.5. The van der Waals surface area contributed by atoms with Gasteiger partial charge in [0.15, 0.2) is 0 Å². The molecule has 0 aliphatic carbocycles. The van der Waals surface area contributed by atoms with Gasteiger partial charge >= 0.3 is 0 Å². The molecule has 1 aliphatic heterocycles. The lowest BCUT2D eigenvalue weighted by atomic mass is 9.98. The first-order valence-corrected chi connectivity index (χ1v) is 16.4. The normalized spacial score (nSPS) is 14.7. The molecular formula is C35H29Cl2N3O4S. The standard InChI is InChI=1S/C35H29Cl2N3O4S/c1-23-11-15-26(16-12-23)40-34(33-30(36)9-6-10-31(33)37)39(22-24-7-4-3-5-8-24)32-20-19-28(21-29(32)35(40)41)45(42,43)38-25-13-17-27(44-2)18-14-25/h3-21,34,38H,22H2,1-2H3/t34-/m0/s1. The number of carbonyl (C=O) groups excluding carboxylic acids is 1. The fraction of sp³-hybridized carbons (Fsp3) is 0.114. The average molecular weight is 659 g/mol. The summed E-state index contributed by atoms with van der Waals surface area (Å²) in [5.74, 6) is 0.209. The van der Waals surface area contributed by atoms with Crippen LogP contribution in [-0.4, -0.2) is 21.4 Å². The number of anilines is 3. The van der Waals surface area contributed by atoms with E-state index in [4.69, 9.17) is 27.9 Å². The molecule has 0 saturated heterocycles. The Kier molecular flexibility index (Phi) is 8.46. The van der Waals surface area contributed by atoms with E-state index in [0.717, 1.165) is 11.1 Å². The molecule has 0 saturated carbocycles. The fourth-order valence-electron chi connectivity index (χ4n) is 5.45. The van der Waals surface area contributed by atoms with Crippen LogP contribution >= 0.6 is 23.2 Å². The largest absolute Gasteiger partial charge is 0.497 e. The Morgan fingerprint density at radius 2 is 1.49 bits per heavy atom. The van der Waals surface area contributed by atoms with Crippen molar-refractivity contribution in [2.45, 2.75) is 24.5 Å². The lowest BCUT2D eigenvalue weighted by molar-refractivity contribution is 0.0968. The maximum Gasteiger partial charge on any atom is 0.262 e. The Morgan fingerprint density at radius 1 is 0.822 bits per heavy atom. The van der Waals surface area contributed by atoms with Crippen molar-refractivity contribution in [3.8, 4) is 5.75 Å². The van der Waals surface area contributed by atoms with Crippen molar-refractivity contribution in [2.24, 2.45) is 0 Å². The van der Waals surface area contributed by atoms with E-state index in [1.807, 2.05) is 66.4 Å². The smallest absolute Gasteiger partial charge is 0.262 e. The number of fused-ring (bicyclic) bond motifs is 1. The maximum absolute atomic E-state index is 14.6. The third-order valence-electron chi connectivity index (χ3n) is 7.68. The monoisotopic (exact) mass is 657 g/mol. The van der Waals surface area contributed by atoms with Crippen molar-refractivity contribution in [3.05, 3.63) is 148 Å². The Labute approximate surface area is 272 Å². The topological polar surface area (TPSA) is 78.9 Å². The van der Waals surface area contributed by atoms with E-state index in [-0.39, 0.29) is 16.4 Å². The van der Waals surface area contributed by atoms with Crippen LogP contribution in [0.2, 0.25) is 10.0 Å². The lowest BCUT2D eigenvalue weighted by Gasteiger charge is -2.46. The fourth-order valence-corrected chi connectivity index (χ4v) is 7.12. The number of carbonyl (C=O) groups is 1. The van der Waals surface area contributed by atoms with Gasteiger partial charge in [-0.1, -0.05) is 77.3 Å². The number of aryl methyl sites for hydroxylation is 1. The summed E-state index contributed by atoms with van der Waals surface area (Å²) in [6, 6.07) is 33.8. The molecule has 1 aliphatic rings. The molecule has 0 spiro atoms. The van der Waals surface area contributed by atoms with E-state index in [1.54, 1.807) is 53.4 Å². The van der Waals surface area contributed by atoms with E-state index >= 15 is 0 Å². The molecule has 45 heavy (non-hydrogen) atoms. The zero-order valence-electron chi connectivity index (χ0n) is 24.4. The van der Waals surface area contributed by atoms with Crippen LogP contribution in [0.4, 0.5) is 17.1 Å². The average Bonchev–Trinajstić information content (AvgIpc) is 3.04. The van der Waals surface area contributed by atoms with Crippen LogP contribution in [-0.2, 0) is 16.6 Å². The first-order chi connectivity index (χ1) is 21.7. The Balaban J connectivity index is 1.53. The third-order valence-corrected chi connectivity index (χ3v) is 9.72. The third kappa shape index (κ3) is 6.09. The van der Waals surface area contributed by atoms with Crippen molar-refractivity contribution < 1.29 is 17.9 Å². The Morgan fingerprint density at radius 3 is 2.13 bits per heavy atom. The van der Waals surface area contributed by atoms with Gasteiger partial charge in [-0.3, -0.25) is 14.4 Å². The molecule has 1 atom stereocenters. The molecule has 0 fully saturated rings. The molecule has 10 heteroatoms. The van der Waals surface area contributed by atoms with Gasteiger partial charge in [0.05, 0.1) is 23.3 Å². The molecular weight excluding hydrogens is 629 g/mol. The van der Waals surface area contributed by atoms with Gasteiger partial charge in [-0.15, -0.1) is 0 Å². The van der Waals surface area contributed by atoms with Crippen molar-refractivity contribution in [3.63, 3.8) is 0 Å². The van der Waals surface area contributed by atoms with Crippen LogP contribution in [0.3, 0.4) is 0 Å². The molecule has 1 N–H and O–H groups in total. The molecule has 228 valence electrons. The summed E-state index contributed by atoms with van der Waals surface area (Å²) >= 11 is 13.6. The van der Waals surface area contributed by atoms with Crippen LogP contribution in [0.15, 0.2) is 120 Å². The highest BCUT2D eigenvalue weighted by Crippen LogP contribution is 2.46. The molecule has 0 bridgehead atoms. The van der Waals surface area contributed by atoms with Gasteiger partial charge in [0, 0.05) is 33.5 Å². The van der Waals surface area contributed by atoms with E-state index < -0.39 is 16.2 Å². The molecule has 1 heterocycles. The summed E-state index contributed by atoms with van der Waals surface area (Å²) in [5.41, 5.74) is 4.32. The van der Waals surface area contributed by atoms with Crippen LogP contribution in [0, 0.1) is 6.92 Å². The minimum absolute atomic E-state index is 0.0526. The molecule has 0 unspecified atom stereocenters. The first kappa shape index (κ1) is 30.5. The van der Waals surface area contributed by atoms with Crippen molar-refractivity contribution in [1.82, 2.24) is 0 Å². The SMILES string of the molecule is COc1ccc(NS(=O)(=O)c2ccc3c(c2)C(=O)N(c2ccc(C)cc2)[C@@H](c2c(Cl)cccc2Cl)N3Cc2ccccc2)cc1. The van der Waals surface area contributed by atoms with E-state index in [9.17, 15) is 13.2 Å². The zero-order valence-corrected chi connectivity index (χ0v) is 26.8. The second-order valence-electron chi connectivity index (χ2n) is 10.6. The quantitative estimate of drug-likeness (QED) is 0.181. The number of methoxy groups -OCH3 is 1. The van der Waals surface area contributed by atoms with Crippen LogP contribution in [0.1, 0.15) is 33.2 Å². The van der Waals surface area contributed by atoms with Gasteiger partial charge in [0.2, 0.25) is 0 Å². The number of rotatable bonds is 8. The van der Waals surface area contributed by atoms with Crippen molar-refractivity contribution in [2.75, 3.05) is 21.6 Å². The summed E-state index contributed by atoms with van der Waals surface area (Å²) < 4.78 is 34.9. The zero-order chi connectivity index (χ0) is 31.7. The predicted molar refractivity (Wildman–Crippen MR) is 180 cm³/mol. The highest BCUT2D eigenvalue weighted by molar-refractivity contribution is 7.92. The summed E-state index contributed by atoms with van der Waals surface area (Å²) in [6.07, 6.45) is -0.742. The van der Waals surface area contributed by atoms with Crippen LogP contribution < -0.4 is 19.3 Å². The minimum atomic E-state index is -4.06. The molecule has 7 nitrogen and oxygen atoms in total. The number of benzene rings is 5. The Hall–Kier alpha value is -4.50. The van der Waals surface area contributed by atoms with Crippen LogP contribution in [0.5, 0.6) is 5.75 Å². The second kappa shape index (κ2) is 12.5. The van der Waals surface area contributed by atoms with Crippen molar-refractivity contribution in [1.29, 1.82) is 0 Å². The van der Waals surface area contributed by atoms with E-state index in [0.29, 0.717) is 45.0 Å². The number of hydrogen-bond acceptors (Lipinski definition) is 5. The number of nitrogens with zero attached hydrogens (tertiary/aromatic N) is 2. The number of amides is 1. The Bertz CT molecular complexity index is 1950. The maximum atomic E-state index is 14.6. The molecule has 1 amide bonds. The highest BCUT2D eigenvalue weighted by Gasteiger charge is 2.42. The summed E-state index contributed by atoms with van der Waals surface area (Å²) in [5, 5.41) is 0.809. The van der Waals surface area contributed by atoms with Gasteiger partial charge in [-0.2, -0.15) is 0 Å². The van der Waals surface area contributed by atoms with Gasteiger partial charge in [0.1, 0.15) is 11.9 Å². The molecule has 6 rings (SSSR count). The van der Waals surface area contributed by atoms with Crippen molar-refractivity contribution >= 4 is 56.2 Å². The van der Waals surface area contributed by atoms with Gasteiger partial charge < -0.3 is 9.64 Å². The van der Waals surface area contributed by atoms with Crippen LogP contribution in [0.25, 0.3) is 0 Å². The number of hydrogen-bond donors (Lipinski definition) is 1. The van der Waals surface area contributed by atoms with E-state index in [1.165, 1.54) is 19.2 Å². The number of sulfonamides is 1. The second-order valence-corrected chi connectivity index (χ2v) is 13.1. The molecule has 0 aromatic heterocycles. The predicted octanol–water partition coefficient (Wildman–Crippen LogP) is 8.48. The lowest BCUT2D eigenvalue weighted by Crippen LogP contribution is -2.49. The number of ether oxygens (including phenoxy) is 1. The number of halogens is 2. The van der Waals surface area contributed by atoms with E-state index in [2.05, 4.69) is 4.72 Å². The summed E-state index contributed by atoms with van der Waals surface area (Å²) in [4.78, 5) is 18.2. The summed E-state index contributed by atoms with van der Waals surface area (Å²) in [7, 11) is -2.52. The molecule has 5 aromatic carbocycles. The molecule has 5 aromatic rings. The van der Waals surface area contributed by atoms with Gasteiger partial charge in [0.25, 0.3) is 15.9 Å². The summed E-state index contributed by atoms with van der Waals surface area (Å²) in [6.45, 7) is 2.35. The minimum Gasteiger partial charge on any atom is -0.497 e. The molecule has 0 radical (unpaired) electrons. The van der Waals surface area contributed by atoms with Gasteiger partial charge in [-0.25, -0.2) is 8.42 Å². The van der Waals surface area contributed by atoms with Gasteiger partial charge in [-0.05, 0) is 79.2 Å².